The third kappa shape index (κ3) is 1.42. The van der Waals surface area contributed by atoms with Gasteiger partial charge in [0, 0.05) is 11.1 Å². The number of carbonyl (C=O) groups is 1. The van der Waals surface area contributed by atoms with Gasteiger partial charge in [-0.05, 0) is 30.5 Å². The van der Waals surface area contributed by atoms with E-state index in [-0.39, 0.29) is 5.54 Å². The van der Waals surface area contributed by atoms with Gasteiger partial charge in [-0.25, -0.2) is 0 Å². The molecule has 4 N–H and O–H groups in total. The molecule has 3 nitrogen and oxygen atoms in total. The summed E-state index contributed by atoms with van der Waals surface area (Å²) >= 11 is 0. The van der Waals surface area contributed by atoms with Crippen LogP contribution in [0.5, 0.6) is 0 Å². The zero-order valence-corrected chi connectivity index (χ0v) is 7.29. The average Bonchev–Trinajstić information content (AvgIpc) is 2.85. The van der Waals surface area contributed by atoms with E-state index in [1.54, 1.807) is 12.1 Å². The van der Waals surface area contributed by atoms with Crippen LogP contribution in [0.2, 0.25) is 0 Å². The quantitative estimate of drug-likeness (QED) is 0.697. The van der Waals surface area contributed by atoms with Gasteiger partial charge in [0.25, 0.3) is 0 Å². The highest BCUT2D eigenvalue weighted by Crippen LogP contribution is 2.42. The fourth-order valence-corrected chi connectivity index (χ4v) is 1.39. The zero-order valence-electron chi connectivity index (χ0n) is 7.29. The molecule has 0 radical (unpaired) electrons. The van der Waals surface area contributed by atoms with Crippen LogP contribution in [0.4, 0.5) is 0 Å². The lowest BCUT2D eigenvalue weighted by Crippen LogP contribution is -2.19. The summed E-state index contributed by atoms with van der Waals surface area (Å²) in [5.41, 5.74) is 12.6. The van der Waals surface area contributed by atoms with Crippen molar-refractivity contribution in [2.45, 2.75) is 18.4 Å². The first kappa shape index (κ1) is 8.26. The first-order valence-corrected chi connectivity index (χ1v) is 4.31. The molecule has 2 rings (SSSR count). The number of rotatable bonds is 2. The van der Waals surface area contributed by atoms with Crippen molar-refractivity contribution in [2.24, 2.45) is 11.5 Å². The fourth-order valence-electron chi connectivity index (χ4n) is 1.39. The van der Waals surface area contributed by atoms with E-state index in [0.29, 0.717) is 5.56 Å². The molecule has 0 saturated heterocycles. The Morgan fingerprint density at radius 2 is 1.77 bits per heavy atom. The van der Waals surface area contributed by atoms with E-state index in [0.717, 1.165) is 18.4 Å². The monoisotopic (exact) mass is 176 g/mol. The summed E-state index contributed by atoms with van der Waals surface area (Å²) in [6.45, 7) is 0. The number of hydrogen-bond donors (Lipinski definition) is 2. The minimum Gasteiger partial charge on any atom is -0.366 e. The molecule has 1 saturated carbocycles. The van der Waals surface area contributed by atoms with E-state index in [2.05, 4.69) is 0 Å². The lowest BCUT2D eigenvalue weighted by Gasteiger charge is -2.08. The standard InChI is InChI=1S/C10H12N2O/c11-9(13)7-1-3-8(4-2-7)10(12)5-6-10/h1-4H,5-6,12H2,(H2,11,13). The second-order valence-electron chi connectivity index (χ2n) is 3.60. The second-order valence-corrected chi connectivity index (χ2v) is 3.60. The Labute approximate surface area is 76.7 Å². The summed E-state index contributed by atoms with van der Waals surface area (Å²) in [7, 11) is 0. The van der Waals surface area contributed by atoms with Crippen LogP contribution in [0.15, 0.2) is 24.3 Å². The predicted molar refractivity (Wildman–Crippen MR) is 50.1 cm³/mol. The van der Waals surface area contributed by atoms with Gasteiger partial charge in [-0.15, -0.1) is 0 Å². The Kier molecular flexibility index (Phi) is 1.63. The van der Waals surface area contributed by atoms with Crippen molar-refractivity contribution in [3.8, 4) is 0 Å². The van der Waals surface area contributed by atoms with Crippen molar-refractivity contribution < 1.29 is 4.79 Å². The Hall–Kier alpha value is -1.35. The van der Waals surface area contributed by atoms with Gasteiger partial charge in [0.15, 0.2) is 0 Å². The largest absolute Gasteiger partial charge is 0.366 e. The van der Waals surface area contributed by atoms with E-state index < -0.39 is 5.91 Å². The van der Waals surface area contributed by atoms with Crippen LogP contribution in [0.1, 0.15) is 28.8 Å². The highest BCUT2D eigenvalue weighted by Gasteiger charge is 2.39. The molecule has 0 bridgehead atoms. The molecule has 1 aromatic rings. The van der Waals surface area contributed by atoms with Crippen LogP contribution in [0, 0.1) is 0 Å². The number of primary amides is 1. The Bertz CT molecular complexity index is 338. The molecule has 68 valence electrons. The topological polar surface area (TPSA) is 69.1 Å². The predicted octanol–water partition coefficient (Wildman–Crippen LogP) is 0.733. The molecule has 0 aliphatic heterocycles. The molecule has 13 heavy (non-hydrogen) atoms. The van der Waals surface area contributed by atoms with Crippen LogP contribution >= 0.6 is 0 Å². The fraction of sp³-hybridized carbons (Fsp3) is 0.300. The van der Waals surface area contributed by atoms with E-state index in [9.17, 15) is 4.79 Å². The lowest BCUT2D eigenvalue weighted by molar-refractivity contribution is 0.100. The van der Waals surface area contributed by atoms with Crippen LogP contribution in [-0.4, -0.2) is 5.91 Å². The summed E-state index contributed by atoms with van der Waals surface area (Å²) < 4.78 is 0. The SMILES string of the molecule is NC(=O)c1ccc(C2(N)CC2)cc1. The van der Waals surface area contributed by atoms with Gasteiger partial charge in [-0.2, -0.15) is 0 Å². The van der Waals surface area contributed by atoms with Crippen molar-refractivity contribution in [3.05, 3.63) is 35.4 Å². The molecule has 0 aromatic heterocycles. The molecule has 1 aromatic carbocycles. The lowest BCUT2D eigenvalue weighted by atomic mass is 10.0. The maximum atomic E-state index is 10.8. The second kappa shape index (κ2) is 2.57. The van der Waals surface area contributed by atoms with Gasteiger partial charge in [0.05, 0.1) is 0 Å². The van der Waals surface area contributed by atoms with Gasteiger partial charge in [-0.1, -0.05) is 12.1 Å². The minimum absolute atomic E-state index is 0.129. The minimum atomic E-state index is -0.395. The average molecular weight is 176 g/mol. The smallest absolute Gasteiger partial charge is 0.248 e. The van der Waals surface area contributed by atoms with Crippen LogP contribution < -0.4 is 11.5 Å². The van der Waals surface area contributed by atoms with Gasteiger partial charge >= 0.3 is 0 Å². The van der Waals surface area contributed by atoms with Crippen LogP contribution in [-0.2, 0) is 5.54 Å². The van der Waals surface area contributed by atoms with Gasteiger partial charge < -0.3 is 11.5 Å². The van der Waals surface area contributed by atoms with Crippen molar-refractivity contribution in [1.29, 1.82) is 0 Å². The number of carbonyl (C=O) groups excluding carboxylic acids is 1. The van der Waals surface area contributed by atoms with E-state index in [1.807, 2.05) is 12.1 Å². The molecule has 0 atom stereocenters. The molecule has 1 amide bonds. The van der Waals surface area contributed by atoms with E-state index in [1.165, 1.54) is 0 Å². The molecule has 1 fully saturated rings. The van der Waals surface area contributed by atoms with Crippen molar-refractivity contribution in [1.82, 2.24) is 0 Å². The number of hydrogen-bond acceptors (Lipinski definition) is 2. The molecular formula is C10H12N2O. The van der Waals surface area contributed by atoms with Crippen molar-refractivity contribution in [3.63, 3.8) is 0 Å². The van der Waals surface area contributed by atoms with Crippen molar-refractivity contribution >= 4 is 5.91 Å². The molecule has 1 aliphatic rings. The normalized spacial score (nSPS) is 18.2. The molecule has 0 heterocycles. The van der Waals surface area contributed by atoms with Crippen LogP contribution in [0.25, 0.3) is 0 Å². The third-order valence-electron chi connectivity index (χ3n) is 2.53. The van der Waals surface area contributed by atoms with E-state index in [4.69, 9.17) is 11.5 Å². The Morgan fingerprint density at radius 3 is 2.15 bits per heavy atom. The first-order valence-electron chi connectivity index (χ1n) is 4.31. The summed E-state index contributed by atoms with van der Waals surface area (Å²) in [5, 5.41) is 0. The molecule has 0 unspecified atom stereocenters. The third-order valence-corrected chi connectivity index (χ3v) is 2.53. The summed E-state index contributed by atoms with van der Waals surface area (Å²) in [6, 6.07) is 7.22. The highest BCUT2D eigenvalue weighted by molar-refractivity contribution is 5.92. The maximum Gasteiger partial charge on any atom is 0.248 e. The summed E-state index contributed by atoms with van der Waals surface area (Å²) in [6.07, 6.45) is 2.06. The first-order chi connectivity index (χ1) is 6.12. The maximum absolute atomic E-state index is 10.8. The summed E-state index contributed by atoms with van der Waals surface area (Å²) in [4.78, 5) is 10.8. The molecule has 1 aliphatic carbocycles. The van der Waals surface area contributed by atoms with Gasteiger partial charge in [0.2, 0.25) is 5.91 Å². The van der Waals surface area contributed by atoms with Crippen LogP contribution in [0.3, 0.4) is 0 Å². The Balaban J connectivity index is 2.28. The van der Waals surface area contributed by atoms with E-state index >= 15 is 0 Å². The van der Waals surface area contributed by atoms with Gasteiger partial charge in [-0.3, -0.25) is 4.79 Å². The Morgan fingerprint density at radius 1 is 1.23 bits per heavy atom. The summed E-state index contributed by atoms with van der Waals surface area (Å²) in [5.74, 6) is -0.395. The number of amides is 1. The molecule has 3 heteroatoms. The highest BCUT2D eigenvalue weighted by atomic mass is 16.1. The van der Waals surface area contributed by atoms with Gasteiger partial charge in [0.1, 0.15) is 0 Å². The molecular weight excluding hydrogens is 164 g/mol. The number of nitrogens with two attached hydrogens (primary N) is 2. The van der Waals surface area contributed by atoms with Crippen molar-refractivity contribution in [2.75, 3.05) is 0 Å². The molecule has 0 spiro atoms. The number of benzene rings is 1. The zero-order chi connectivity index (χ0) is 9.47.